The molecule has 1 unspecified atom stereocenters. The van der Waals surface area contributed by atoms with Crippen molar-refractivity contribution >= 4 is 5.91 Å². The smallest absolute Gasteiger partial charge is 0.244 e. The molecule has 2 heterocycles. The quantitative estimate of drug-likeness (QED) is 0.840. The Bertz CT molecular complexity index is 584. The first-order valence-corrected chi connectivity index (χ1v) is 9.76. The first kappa shape index (κ1) is 19.3. The van der Waals surface area contributed by atoms with Gasteiger partial charge in [0.05, 0.1) is 13.2 Å². The molecule has 144 valence electrons. The van der Waals surface area contributed by atoms with Crippen LogP contribution in [0.4, 0.5) is 4.39 Å². The summed E-state index contributed by atoms with van der Waals surface area (Å²) in [6.07, 6.45) is 2.01. The second-order valence-electron chi connectivity index (χ2n) is 7.15. The van der Waals surface area contributed by atoms with Gasteiger partial charge in [-0.25, -0.2) is 4.39 Å². The molecule has 1 aromatic rings. The van der Waals surface area contributed by atoms with Crippen molar-refractivity contribution in [3.63, 3.8) is 0 Å². The van der Waals surface area contributed by atoms with E-state index in [-0.39, 0.29) is 11.7 Å². The van der Waals surface area contributed by atoms with Crippen LogP contribution in [-0.4, -0.2) is 68.2 Å². The van der Waals surface area contributed by atoms with Crippen LogP contribution in [-0.2, 0) is 9.53 Å². The molecule has 0 saturated carbocycles. The number of halogens is 1. The Morgan fingerprint density at radius 3 is 2.58 bits per heavy atom. The summed E-state index contributed by atoms with van der Waals surface area (Å²) in [6.45, 7) is 8.09. The van der Waals surface area contributed by atoms with Gasteiger partial charge < -0.3 is 15.0 Å². The van der Waals surface area contributed by atoms with E-state index in [1.165, 1.54) is 6.07 Å². The Hall–Kier alpha value is -1.50. The molecule has 0 aromatic heterocycles. The van der Waals surface area contributed by atoms with Crippen LogP contribution in [0.2, 0.25) is 0 Å². The molecule has 2 fully saturated rings. The summed E-state index contributed by atoms with van der Waals surface area (Å²) < 4.78 is 19.9. The summed E-state index contributed by atoms with van der Waals surface area (Å²) in [6, 6.07) is 6.11. The van der Waals surface area contributed by atoms with Gasteiger partial charge in [0.25, 0.3) is 0 Å². The van der Waals surface area contributed by atoms with E-state index < -0.39 is 6.04 Å². The molecule has 6 heteroatoms. The van der Waals surface area contributed by atoms with E-state index in [0.717, 1.165) is 39.0 Å². The van der Waals surface area contributed by atoms with Gasteiger partial charge in [-0.05, 0) is 37.9 Å². The van der Waals surface area contributed by atoms with Crippen LogP contribution < -0.4 is 5.32 Å². The van der Waals surface area contributed by atoms with E-state index in [1.807, 2.05) is 11.0 Å². The maximum Gasteiger partial charge on any atom is 0.244 e. The molecule has 2 saturated heterocycles. The van der Waals surface area contributed by atoms with Crippen molar-refractivity contribution in [1.29, 1.82) is 0 Å². The molecule has 1 aromatic carbocycles. The molecular weight excluding hydrogens is 333 g/mol. The van der Waals surface area contributed by atoms with E-state index in [1.54, 1.807) is 12.1 Å². The highest BCUT2D eigenvalue weighted by Crippen LogP contribution is 2.28. The summed E-state index contributed by atoms with van der Waals surface area (Å²) in [5.41, 5.74) is 0.481. The van der Waals surface area contributed by atoms with Gasteiger partial charge in [0.2, 0.25) is 5.91 Å². The van der Waals surface area contributed by atoms with Gasteiger partial charge in [0.15, 0.2) is 0 Å². The number of nitrogens with one attached hydrogen (secondary N) is 1. The number of nitrogens with zero attached hydrogens (tertiary/aromatic N) is 2. The lowest BCUT2D eigenvalue weighted by Crippen LogP contribution is -2.49. The standard InChI is InChI=1S/C20H30FN3O2/c1-2-22-15-16-7-9-24(10-8-16)20(25)19(23-11-13-26-14-12-23)17-5-3-4-6-18(17)21/h3-6,16,19,22H,2,7-15H2,1H3. The fraction of sp³-hybridized carbons (Fsp3) is 0.650. The number of carbonyl (C=O) groups excluding carboxylic acids is 1. The topological polar surface area (TPSA) is 44.8 Å². The van der Waals surface area contributed by atoms with Gasteiger partial charge in [-0.1, -0.05) is 25.1 Å². The highest BCUT2D eigenvalue weighted by molar-refractivity contribution is 5.83. The van der Waals surface area contributed by atoms with Gasteiger partial charge in [-0.2, -0.15) is 0 Å². The number of benzene rings is 1. The molecule has 0 spiro atoms. The minimum atomic E-state index is -0.551. The Kier molecular flexibility index (Phi) is 7.00. The second kappa shape index (κ2) is 9.44. The third-order valence-electron chi connectivity index (χ3n) is 5.45. The lowest BCUT2D eigenvalue weighted by atomic mass is 9.95. The zero-order chi connectivity index (χ0) is 18.4. The number of piperidine rings is 1. The number of rotatable bonds is 6. The molecule has 1 atom stereocenters. The number of amides is 1. The Balaban J connectivity index is 1.72. The largest absolute Gasteiger partial charge is 0.379 e. The van der Waals surface area contributed by atoms with Crippen molar-refractivity contribution < 1.29 is 13.9 Å². The minimum absolute atomic E-state index is 0.0268. The van der Waals surface area contributed by atoms with Crippen molar-refractivity contribution in [3.05, 3.63) is 35.6 Å². The van der Waals surface area contributed by atoms with Crippen LogP contribution in [0.3, 0.4) is 0 Å². The lowest BCUT2D eigenvalue weighted by molar-refractivity contribution is -0.140. The number of hydrogen-bond acceptors (Lipinski definition) is 4. The molecule has 5 nitrogen and oxygen atoms in total. The number of morpholine rings is 1. The molecule has 26 heavy (non-hydrogen) atoms. The van der Waals surface area contributed by atoms with Crippen LogP contribution in [0.25, 0.3) is 0 Å². The van der Waals surface area contributed by atoms with Crippen molar-refractivity contribution in [2.45, 2.75) is 25.8 Å². The van der Waals surface area contributed by atoms with Gasteiger partial charge in [-0.3, -0.25) is 9.69 Å². The monoisotopic (exact) mass is 363 g/mol. The van der Waals surface area contributed by atoms with Gasteiger partial charge >= 0.3 is 0 Å². The minimum Gasteiger partial charge on any atom is -0.379 e. The van der Waals surface area contributed by atoms with E-state index in [4.69, 9.17) is 4.74 Å². The zero-order valence-corrected chi connectivity index (χ0v) is 15.6. The maximum absolute atomic E-state index is 14.5. The van der Waals surface area contributed by atoms with Gasteiger partial charge in [0, 0.05) is 31.7 Å². The molecule has 0 radical (unpaired) electrons. The fourth-order valence-corrected chi connectivity index (χ4v) is 3.90. The molecule has 3 rings (SSSR count). The van der Waals surface area contributed by atoms with Crippen LogP contribution >= 0.6 is 0 Å². The third kappa shape index (κ3) is 4.61. The summed E-state index contributed by atoms with van der Waals surface area (Å²) in [5, 5.41) is 3.39. The fourth-order valence-electron chi connectivity index (χ4n) is 3.90. The molecule has 2 aliphatic rings. The van der Waals surface area contributed by atoms with Crippen LogP contribution in [0.5, 0.6) is 0 Å². The van der Waals surface area contributed by atoms with E-state index in [0.29, 0.717) is 37.8 Å². The highest BCUT2D eigenvalue weighted by Gasteiger charge is 2.35. The summed E-state index contributed by atoms with van der Waals surface area (Å²) in [4.78, 5) is 17.3. The predicted octanol–water partition coefficient (Wildman–Crippen LogP) is 2.05. The van der Waals surface area contributed by atoms with Crippen molar-refractivity contribution in [1.82, 2.24) is 15.1 Å². The number of ether oxygens (including phenoxy) is 1. The lowest BCUT2D eigenvalue weighted by Gasteiger charge is -2.39. The van der Waals surface area contributed by atoms with Crippen molar-refractivity contribution in [2.24, 2.45) is 5.92 Å². The first-order chi connectivity index (χ1) is 12.7. The van der Waals surface area contributed by atoms with Gasteiger partial charge in [-0.15, -0.1) is 0 Å². The summed E-state index contributed by atoms with van der Waals surface area (Å²) >= 11 is 0. The third-order valence-corrected chi connectivity index (χ3v) is 5.45. The Morgan fingerprint density at radius 1 is 1.23 bits per heavy atom. The Labute approximate surface area is 155 Å². The molecule has 0 aliphatic carbocycles. The van der Waals surface area contributed by atoms with Crippen molar-refractivity contribution in [2.75, 3.05) is 52.5 Å². The maximum atomic E-state index is 14.5. The molecule has 1 N–H and O–H groups in total. The van der Waals surface area contributed by atoms with Crippen molar-refractivity contribution in [3.8, 4) is 0 Å². The van der Waals surface area contributed by atoms with E-state index in [9.17, 15) is 9.18 Å². The van der Waals surface area contributed by atoms with Crippen LogP contribution in [0, 0.1) is 11.7 Å². The van der Waals surface area contributed by atoms with Gasteiger partial charge in [0.1, 0.15) is 11.9 Å². The highest BCUT2D eigenvalue weighted by atomic mass is 19.1. The van der Waals surface area contributed by atoms with Crippen LogP contribution in [0.15, 0.2) is 24.3 Å². The number of hydrogen-bond donors (Lipinski definition) is 1. The number of likely N-dealkylation sites (tertiary alicyclic amines) is 1. The summed E-state index contributed by atoms with van der Waals surface area (Å²) in [5.74, 6) is 0.340. The first-order valence-electron chi connectivity index (χ1n) is 9.76. The molecule has 0 bridgehead atoms. The number of carbonyl (C=O) groups is 1. The molecular formula is C20H30FN3O2. The molecule has 1 amide bonds. The predicted molar refractivity (Wildman–Crippen MR) is 99.4 cm³/mol. The summed E-state index contributed by atoms with van der Waals surface area (Å²) in [7, 11) is 0. The average Bonchev–Trinajstić information content (AvgIpc) is 2.69. The van der Waals surface area contributed by atoms with E-state index >= 15 is 0 Å². The van der Waals surface area contributed by atoms with E-state index in [2.05, 4.69) is 17.1 Å². The average molecular weight is 363 g/mol. The molecule has 2 aliphatic heterocycles. The second-order valence-corrected chi connectivity index (χ2v) is 7.15. The Morgan fingerprint density at radius 2 is 1.92 bits per heavy atom. The zero-order valence-electron chi connectivity index (χ0n) is 15.6. The normalized spacial score (nSPS) is 20.9. The SMILES string of the molecule is CCNCC1CCN(C(=O)C(c2ccccc2F)N2CCOCC2)CC1. The van der Waals surface area contributed by atoms with Crippen LogP contribution in [0.1, 0.15) is 31.4 Å².